The van der Waals surface area contributed by atoms with Crippen LogP contribution in [0, 0.1) is 23.7 Å². The molecule has 4 saturated heterocycles. The van der Waals surface area contributed by atoms with Crippen LogP contribution in [-0.2, 0) is 30.5 Å². The molecular formula is C23H30O6. The first-order chi connectivity index (χ1) is 13.9. The Morgan fingerprint density at radius 3 is 2.69 bits per heavy atom. The summed E-state index contributed by atoms with van der Waals surface area (Å²) in [5.41, 5.74) is 0.467. The Labute approximate surface area is 171 Å². The summed E-state index contributed by atoms with van der Waals surface area (Å²) < 4.78 is 12.0. The number of phenols is 1. The van der Waals surface area contributed by atoms with Crippen LogP contribution in [0.1, 0.15) is 57.9 Å². The van der Waals surface area contributed by atoms with E-state index in [0.29, 0.717) is 5.92 Å². The van der Waals surface area contributed by atoms with Crippen LogP contribution >= 0.6 is 0 Å². The van der Waals surface area contributed by atoms with Crippen LogP contribution in [0.5, 0.6) is 5.75 Å². The zero-order chi connectivity index (χ0) is 20.2. The van der Waals surface area contributed by atoms with E-state index in [0.717, 1.165) is 50.5 Å². The maximum absolute atomic E-state index is 13.0. The molecule has 1 spiro atoms. The fourth-order valence-electron chi connectivity index (χ4n) is 6.12. The Kier molecular flexibility index (Phi) is 4.64. The standard InChI is InChI=1S/C23H30O6/c1-14-6-11-19-17(5-3-4-15-7-9-16(24)10-8-15)20(25)26-21-23(19)18(14)12-13-22(2,27-21)28-29-23/h7-10,14,17-19,21,24H,3-6,11-13H2,1-2H3/t14-,17-,18+,19+,21-,22+,23-/m1/s1. The predicted molar refractivity (Wildman–Crippen MR) is 103 cm³/mol. The van der Waals surface area contributed by atoms with Gasteiger partial charge in [-0.05, 0) is 69.1 Å². The number of fused-ring (bicyclic) bond motifs is 2. The normalized spacial score (nSPS) is 43.4. The highest BCUT2D eigenvalue weighted by Gasteiger charge is 2.70. The Bertz CT molecular complexity index is 778. The number of ether oxygens (including phenoxy) is 2. The minimum Gasteiger partial charge on any atom is -0.508 e. The van der Waals surface area contributed by atoms with Crippen molar-refractivity contribution >= 4 is 5.97 Å². The highest BCUT2D eigenvalue weighted by Crippen LogP contribution is 2.60. The number of aryl methyl sites for hydroxylation is 1. The van der Waals surface area contributed by atoms with Gasteiger partial charge in [-0.1, -0.05) is 19.1 Å². The first kappa shape index (κ1) is 19.3. The van der Waals surface area contributed by atoms with Crippen molar-refractivity contribution in [1.29, 1.82) is 0 Å². The molecule has 2 bridgehead atoms. The van der Waals surface area contributed by atoms with E-state index >= 15 is 0 Å². The molecule has 5 aliphatic rings. The summed E-state index contributed by atoms with van der Waals surface area (Å²) in [6.07, 6.45) is 5.53. The summed E-state index contributed by atoms with van der Waals surface area (Å²) in [4.78, 5) is 24.9. The van der Waals surface area contributed by atoms with Crippen LogP contribution in [0.15, 0.2) is 24.3 Å². The molecule has 1 aliphatic carbocycles. The number of carbonyl (C=O) groups excluding carboxylic acids is 1. The van der Waals surface area contributed by atoms with E-state index in [1.165, 1.54) is 0 Å². The molecule has 7 atom stereocenters. The first-order valence-corrected chi connectivity index (χ1v) is 10.9. The molecule has 0 aromatic heterocycles. The molecule has 29 heavy (non-hydrogen) atoms. The van der Waals surface area contributed by atoms with E-state index in [1.54, 1.807) is 12.1 Å². The van der Waals surface area contributed by atoms with Crippen LogP contribution in [0.2, 0.25) is 0 Å². The van der Waals surface area contributed by atoms with Crippen LogP contribution in [0.3, 0.4) is 0 Å². The molecule has 4 heterocycles. The number of hydrogen-bond donors (Lipinski definition) is 1. The summed E-state index contributed by atoms with van der Waals surface area (Å²) in [6.45, 7) is 4.14. The van der Waals surface area contributed by atoms with Crippen molar-refractivity contribution in [2.45, 2.75) is 76.5 Å². The van der Waals surface area contributed by atoms with Gasteiger partial charge in [0.2, 0.25) is 12.1 Å². The van der Waals surface area contributed by atoms with Crippen molar-refractivity contribution in [3.8, 4) is 5.75 Å². The molecule has 6 nitrogen and oxygen atoms in total. The molecule has 1 aromatic rings. The molecule has 1 N–H and O–H groups in total. The second-order valence-electron chi connectivity index (χ2n) is 9.51. The quantitative estimate of drug-likeness (QED) is 0.604. The number of hydrogen-bond acceptors (Lipinski definition) is 6. The molecule has 1 aromatic carbocycles. The lowest BCUT2D eigenvalue weighted by atomic mass is 9.57. The number of carbonyl (C=O) groups is 1. The van der Waals surface area contributed by atoms with E-state index in [9.17, 15) is 9.90 Å². The molecule has 0 radical (unpaired) electrons. The summed E-state index contributed by atoms with van der Waals surface area (Å²) in [5, 5.41) is 9.45. The van der Waals surface area contributed by atoms with Gasteiger partial charge in [-0.15, -0.1) is 0 Å². The van der Waals surface area contributed by atoms with Crippen molar-refractivity contribution in [2.24, 2.45) is 23.7 Å². The molecule has 0 amide bonds. The van der Waals surface area contributed by atoms with Crippen LogP contribution < -0.4 is 0 Å². The second kappa shape index (κ2) is 6.96. The zero-order valence-corrected chi connectivity index (χ0v) is 17.1. The van der Waals surface area contributed by atoms with Gasteiger partial charge in [0.25, 0.3) is 0 Å². The minimum atomic E-state index is -0.844. The zero-order valence-electron chi connectivity index (χ0n) is 17.1. The van der Waals surface area contributed by atoms with Crippen molar-refractivity contribution in [1.82, 2.24) is 0 Å². The van der Waals surface area contributed by atoms with Crippen LogP contribution in [0.4, 0.5) is 0 Å². The number of aromatic hydroxyl groups is 1. The van der Waals surface area contributed by atoms with Gasteiger partial charge in [0.1, 0.15) is 5.75 Å². The number of rotatable bonds is 4. The lowest BCUT2D eigenvalue weighted by Gasteiger charge is -2.58. The van der Waals surface area contributed by atoms with Gasteiger partial charge in [0.05, 0.1) is 5.92 Å². The molecule has 0 unspecified atom stereocenters. The van der Waals surface area contributed by atoms with Gasteiger partial charge < -0.3 is 14.6 Å². The largest absolute Gasteiger partial charge is 0.508 e. The topological polar surface area (TPSA) is 74.2 Å². The van der Waals surface area contributed by atoms with E-state index in [2.05, 4.69) is 6.92 Å². The van der Waals surface area contributed by atoms with Gasteiger partial charge in [-0.25, -0.2) is 9.78 Å². The van der Waals surface area contributed by atoms with Crippen molar-refractivity contribution in [3.05, 3.63) is 29.8 Å². The maximum atomic E-state index is 13.0. The van der Waals surface area contributed by atoms with Gasteiger partial charge in [0.15, 0.2) is 5.60 Å². The Balaban J connectivity index is 1.37. The van der Waals surface area contributed by atoms with Crippen LogP contribution in [0.25, 0.3) is 0 Å². The molecular weight excluding hydrogens is 372 g/mol. The third-order valence-corrected chi connectivity index (χ3v) is 7.70. The minimum absolute atomic E-state index is 0.0532. The van der Waals surface area contributed by atoms with E-state index < -0.39 is 17.7 Å². The molecule has 158 valence electrons. The monoisotopic (exact) mass is 402 g/mol. The van der Waals surface area contributed by atoms with Crippen molar-refractivity contribution in [3.63, 3.8) is 0 Å². The maximum Gasteiger partial charge on any atom is 0.311 e. The number of benzene rings is 1. The summed E-state index contributed by atoms with van der Waals surface area (Å²) in [6, 6.07) is 7.27. The second-order valence-corrected chi connectivity index (χ2v) is 9.51. The number of esters is 1. The lowest BCUT2D eigenvalue weighted by molar-refractivity contribution is -0.559. The van der Waals surface area contributed by atoms with E-state index in [1.807, 2.05) is 19.1 Å². The average Bonchev–Trinajstić information content (AvgIpc) is 2.92. The Morgan fingerprint density at radius 2 is 1.90 bits per heavy atom. The van der Waals surface area contributed by atoms with Gasteiger partial charge in [0, 0.05) is 18.3 Å². The van der Waals surface area contributed by atoms with Crippen molar-refractivity contribution < 1.29 is 29.1 Å². The summed E-state index contributed by atoms with van der Waals surface area (Å²) >= 11 is 0. The average molecular weight is 402 g/mol. The third-order valence-electron chi connectivity index (χ3n) is 7.70. The lowest BCUT2D eigenvalue weighted by Crippen LogP contribution is -2.70. The Morgan fingerprint density at radius 1 is 1.10 bits per heavy atom. The highest BCUT2D eigenvalue weighted by molar-refractivity contribution is 5.74. The van der Waals surface area contributed by atoms with Crippen LogP contribution in [-0.4, -0.2) is 28.8 Å². The van der Waals surface area contributed by atoms with E-state index in [-0.39, 0.29) is 29.5 Å². The smallest absolute Gasteiger partial charge is 0.311 e. The van der Waals surface area contributed by atoms with Gasteiger partial charge in [-0.2, -0.15) is 0 Å². The third kappa shape index (κ3) is 3.07. The Hall–Kier alpha value is -1.63. The SMILES string of the molecule is C[C@@H]1CC[C@H]2[C@@H](CCCc3ccc(O)cc3)C(=O)O[C@@H]3O[C@]4(C)CC[C@@H]1[C@]32OO4. The molecule has 6 rings (SSSR count). The van der Waals surface area contributed by atoms with Gasteiger partial charge in [-0.3, -0.25) is 4.79 Å². The van der Waals surface area contributed by atoms with Gasteiger partial charge >= 0.3 is 5.97 Å². The predicted octanol–water partition coefficient (Wildman–Crippen LogP) is 4.10. The fraction of sp³-hybridized carbons (Fsp3) is 0.696. The molecule has 5 fully saturated rings. The molecule has 4 aliphatic heterocycles. The summed E-state index contributed by atoms with van der Waals surface area (Å²) in [7, 11) is 0. The summed E-state index contributed by atoms with van der Waals surface area (Å²) in [5.74, 6) is -0.135. The number of phenolic OH excluding ortho intramolecular Hbond substituents is 1. The highest BCUT2D eigenvalue weighted by atomic mass is 17.3. The van der Waals surface area contributed by atoms with Crippen molar-refractivity contribution in [2.75, 3.05) is 0 Å². The fourth-order valence-corrected chi connectivity index (χ4v) is 6.12. The van der Waals surface area contributed by atoms with E-state index in [4.69, 9.17) is 19.2 Å². The molecule has 1 saturated carbocycles. The first-order valence-electron chi connectivity index (χ1n) is 10.9. The molecule has 6 heteroatoms.